The molecule has 0 unspecified atom stereocenters. The third-order valence-corrected chi connectivity index (χ3v) is 4.42. The van der Waals surface area contributed by atoms with Gasteiger partial charge in [0.1, 0.15) is 17.5 Å². The molecule has 21 heavy (non-hydrogen) atoms. The monoisotopic (exact) mass is 291 g/mol. The van der Waals surface area contributed by atoms with Gasteiger partial charge in [0.2, 0.25) is 0 Å². The molecule has 0 radical (unpaired) electrons. The molecular weight excluding hydrogens is 282 g/mol. The van der Waals surface area contributed by atoms with Gasteiger partial charge in [0.25, 0.3) is 0 Å². The van der Waals surface area contributed by atoms with Crippen molar-refractivity contribution < 1.29 is 0 Å². The van der Waals surface area contributed by atoms with Crippen molar-refractivity contribution in [1.82, 2.24) is 14.6 Å². The lowest BCUT2D eigenvalue weighted by Crippen LogP contribution is -2.02. The van der Waals surface area contributed by atoms with Gasteiger partial charge < -0.3 is 5.73 Å². The Morgan fingerprint density at radius 3 is 2.90 bits per heavy atom. The summed E-state index contributed by atoms with van der Waals surface area (Å²) in [4.78, 5) is 4.34. The van der Waals surface area contributed by atoms with E-state index in [-0.39, 0.29) is 0 Å². The lowest BCUT2D eigenvalue weighted by Gasteiger charge is -2.06. The third kappa shape index (κ3) is 1.61. The molecule has 1 aromatic carbocycles. The summed E-state index contributed by atoms with van der Waals surface area (Å²) in [7, 11) is 0. The molecule has 0 aliphatic rings. The van der Waals surface area contributed by atoms with Crippen LogP contribution < -0.4 is 5.73 Å². The van der Waals surface area contributed by atoms with Crippen molar-refractivity contribution in [3.05, 3.63) is 47.6 Å². The predicted octanol–water partition coefficient (Wildman–Crippen LogP) is 3.06. The number of thiophene rings is 1. The molecule has 0 amide bonds. The number of hydrogen-bond acceptors (Lipinski definition) is 5. The second kappa shape index (κ2) is 4.30. The third-order valence-electron chi connectivity index (χ3n) is 3.46. The van der Waals surface area contributed by atoms with Gasteiger partial charge in [0, 0.05) is 27.4 Å². The molecule has 0 saturated carbocycles. The fourth-order valence-corrected chi connectivity index (χ4v) is 3.38. The van der Waals surface area contributed by atoms with Crippen molar-refractivity contribution in [2.45, 2.75) is 0 Å². The number of nitriles is 1. The zero-order valence-electron chi connectivity index (χ0n) is 10.8. The van der Waals surface area contributed by atoms with Crippen LogP contribution in [0.1, 0.15) is 5.56 Å². The second-order valence-corrected chi connectivity index (χ2v) is 5.52. The molecule has 2 N–H and O–H groups in total. The number of fused-ring (bicyclic) bond motifs is 2. The largest absolute Gasteiger partial charge is 0.383 e. The van der Waals surface area contributed by atoms with Crippen molar-refractivity contribution in [2.75, 3.05) is 5.73 Å². The van der Waals surface area contributed by atoms with Crippen LogP contribution in [0.15, 0.2) is 42.0 Å². The van der Waals surface area contributed by atoms with Crippen molar-refractivity contribution in [3.8, 4) is 17.2 Å². The van der Waals surface area contributed by atoms with E-state index in [0.717, 1.165) is 16.5 Å². The summed E-state index contributed by atoms with van der Waals surface area (Å²) in [6.45, 7) is 0. The minimum absolute atomic E-state index is 0.420. The molecule has 0 bridgehead atoms. The molecule has 0 atom stereocenters. The van der Waals surface area contributed by atoms with Gasteiger partial charge in [0.05, 0.1) is 6.20 Å². The van der Waals surface area contributed by atoms with Crippen LogP contribution >= 0.6 is 11.3 Å². The second-order valence-electron chi connectivity index (χ2n) is 4.61. The SMILES string of the molecule is N#Cc1cnn2c(N)c(-c3csc4ccccc34)cnc12. The topological polar surface area (TPSA) is 80.0 Å². The highest BCUT2D eigenvalue weighted by atomic mass is 32.1. The smallest absolute Gasteiger partial charge is 0.175 e. The fourth-order valence-electron chi connectivity index (χ4n) is 2.42. The number of anilines is 1. The van der Waals surface area contributed by atoms with Crippen LogP contribution in [0.5, 0.6) is 0 Å². The first-order chi connectivity index (χ1) is 10.3. The maximum Gasteiger partial charge on any atom is 0.175 e. The number of rotatable bonds is 1. The maximum atomic E-state index is 9.03. The minimum atomic E-state index is 0.420. The van der Waals surface area contributed by atoms with Crippen molar-refractivity contribution in [3.63, 3.8) is 0 Å². The number of benzene rings is 1. The van der Waals surface area contributed by atoms with E-state index in [0.29, 0.717) is 17.0 Å². The molecule has 0 aliphatic heterocycles. The lowest BCUT2D eigenvalue weighted by atomic mass is 10.1. The van der Waals surface area contributed by atoms with Crippen LogP contribution in [0, 0.1) is 11.3 Å². The van der Waals surface area contributed by atoms with E-state index in [1.165, 1.54) is 15.4 Å². The fraction of sp³-hybridized carbons (Fsp3) is 0. The Hall–Kier alpha value is -2.91. The number of nitrogen functional groups attached to an aromatic ring is 1. The molecule has 6 heteroatoms. The normalized spacial score (nSPS) is 11.0. The first kappa shape index (κ1) is 11.9. The van der Waals surface area contributed by atoms with Crippen molar-refractivity contribution in [1.29, 1.82) is 5.26 Å². The number of nitrogens with two attached hydrogens (primary N) is 1. The zero-order chi connectivity index (χ0) is 14.4. The Bertz CT molecular complexity index is 1020. The molecule has 4 rings (SSSR count). The van der Waals surface area contributed by atoms with Crippen LogP contribution in [-0.2, 0) is 0 Å². The van der Waals surface area contributed by atoms with Crippen LogP contribution in [-0.4, -0.2) is 14.6 Å². The van der Waals surface area contributed by atoms with E-state index in [2.05, 4.69) is 33.7 Å². The van der Waals surface area contributed by atoms with Gasteiger partial charge in [-0.05, 0) is 11.4 Å². The van der Waals surface area contributed by atoms with Gasteiger partial charge in [0.15, 0.2) is 5.65 Å². The minimum Gasteiger partial charge on any atom is -0.383 e. The first-order valence-corrected chi connectivity index (χ1v) is 7.16. The lowest BCUT2D eigenvalue weighted by molar-refractivity contribution is 0.954. The Morgan fingerprint density at radius 2 is 2.05 bits per heavy atom. The van der Waals surface area contributed by atoms with Gasteiger partial charge in [-0.2, -0.15) is 14.9 Å². The molecule has 5 nitrogen and oxygen atoms in total. The van der Waals surface area contributed by atoms with Gasteiger partial charge >= 0.3 is 0 Å². The number of hydrogen-bond donors (Lipinski definition) is 1. The molecule has 4 aromatic rings. The molecule has 0 spiro atoms. The van der Waals surface area contributed by atoms with E-state index in [1.807, 2.05) is 12.1 Å². The summed E-state index contributed by atoms with van der Waals surface area (Å²) in [6, 6.07) is 10.2. The average Bonchev–Trinajstić information content (AvgIpc) is 3.12. The number of nitrogens with zero attached hydrogens (tertiary/aromatic N) is 4. The Kier molecular flexibility index (Phi) is 2.43. The highest BCUT2D eigenvalue weighted by Gasteiger charge is 2.14. The van der Waals surface area contributed by atoms with E-state index in [1.54, 1.807) is 17.5 Å². The van der Waals surface area contributed by atoms with Gasteiger partial charge in [-0.15, -0.1) is 11.3 Å². The first-order valence-electron chi connectivity index (χ1n) is 6.28. The van der Waals surface area contributed by atoms with Crippen molar-refractivity contribution in [2.24, 2.45) is 0 Å². The van der Waals surface area contributed by atoms with E-state index >= 15 is 0 Å². The molecule has 0 saturated heterocycles. The van der Waals surface area contributed by atoms with Crippen LogP contribution in [0.25, 0.3) is 26.9 Å². The standard InChI is InChI=1S/C15H9N5S/c16-5-9-6-19-20-14(17)11(7-18-15(9)20)12-8-21-13-4-2-1-3-10(12)13/h1-4,6-8H,17H2. The van der Waals surface area contributed by atoms with E-state index < -0.39 is 0 Å². The quantitative estimate of drug-likeness (QED) is 0.584. The van der Waals surface area contributed by atoms with Gasteiger partial charge in [-0.1, -0.05) is 18.2 Å². The summed E-state index contributed by atoms with van der Waals surface area (Å²) in [5.74, 6) is 0.491. The van der Waals surface area contributed by atoms with Gasteiger partial charge in [-0.25, -0.2) is 4.98 Å². The maximum absolute atomic E-state index is 9.03. The van der Waals surface area contributed by atoms with Crippen LogP contribution in [0.3, 0.4) is 0 Å². The zero-order valence-corrected chi connectivity index (χ0v) is 11.6. The molecule has 0 aliphatic carbocycles. The summed E-state index contributed by atoms with van der Waals surface area (Å²) in [5, 5.41) is 16.4. The van der Waals surface area contributed by atoms with E-state index in [4.69, 9.17) is 11.0 Å². The number of aromatic nitrogens is 3. The molecule has 3 aromatic heterocycles. The molecule has 100 valence electrons. The summed E-state index contributed by atoms with van der Waals surface area (Å²) < 4.78 is 2.71. The summed E-state index contributed by atoms with van der Waals surface area (Å²) in [6.07, 6.45) is 3.19. The highest BCUT2D eigenvalue weighted by Crippen LogP contribution is 2.36. The summed E-state index contributed by atoms with van der Waals surface area (Å²) >= 11 is 1.67. The average molecular weight is 291 g/mol. The summed E-state index contributed by atoms with van der Waals surface area (Å²) in [5.41, 5.74) is 8.99. The Balaban J connectivity index is 2.03. The molecule has 3 heterocycles. The predicted molar refractivity (Wildman–Crippen MR) is 82.9 cm³/mol. The van der Waals surface area contributed by atoms with Crippen LogP contribution in [0.4, 0.5) is 5.82 Å². The van der Waals surface area contributed by atoms with Crippen LogP contribution in [0.2, 0.25) is 0 Å². The van der Waals surface area contributed by atoms with E-state index in [9.17, 15) is 0 Å². The molecule has 0 fully saturated rings. The van der Waals surface area contributed by atoms with Crippen molar-refractivity contribution >= 4 is 32.9 Å². The Morgan fingerprint density at radius 1 is 1.19 bits per heavy atom. The Labute approximate surface area is 123 Å². The molecular formula is C15H9N5S. The van der Waals surface area contributed by atoms with Gasteiger partial charge in [-0.3, -0.25) is 0 Å². The highest BCUT2D eigenvalue weighted by molar-refractivity contribution is 7.17.